The second-order valence-electron chi connectivity index (χ2n) is 3.52. The number of rotatable bonds is 4. The average molecular weight is 328 g/mol. The minimum Gasteiger partial charge on any atom is -0.264 e. The molecule has 0 bridgehead atoms. The van der Waals surface area contributed by atoms with Gasteiger partial charge in [0, 0.05) is 35.8 Å². The summed E-state index contributed by atoms with van der Waals surface area (Å²) in [5.74, 6) is 0. The predicted molar refractivity (Wildman–Crippen MR) is 70.2 cm³/mol. The zero-order valence-corrected chi connectivity index (χ0v) is 11.6. The smallest absolute Gasteiger partial charge is 0.242 e. The van der Waals surface area contributed by atoms with Crippen LogP contribution in [0.5, 0.6) is 0 Å². The Morgan fingerprint density at radius 3 is 2.72 bits per heavy atom. The molecule has 0 aliphatic heterocycles. The van der Waals surface area contributed by atoms with Gasteiger partial charge in [-0.05, 0) is 33.6 Å². The van der Waals surface area contributed by atoms with Gasteiger partial charge in [-0.2, -0.15) is 0 Å². The number of halogens is 1. The molecule has 0 unspecified atom stereocenters. The number of sulfonamides is 1. The van der Waals surface area contributed by atoms with E-state index in [1.807, 2.05) is 0 Å². The predicted octanol–water partition coefficient (Wildman–Crippen LogP) is 1.72. The lowest BCUT2D eigenvalue weighted by molar-refractivity contribution is 0.580. The number of pyridine rings is 2. The van der Waals surface area contributed by atoms with E-state index in [9.17, 15) is 8.42 Å². The Hall–Kier alpha value is -1.31. The first-order valence-electron chi connectivity index (χ1n) is 5.07. The topological polar surface area (TPSA) is 72.0 Å². The summed E-state index contributed by atoms with van der Waals surface area (Å²) in [6.07, 6.45) is 6.08. The molecule has 0 radical (unpaired) electrons. The van der Waals surface area contributed by atoms with Crippen molar-refractivity contribution in [3.63, 3.8) is 0 Å². The van der Waals surface area contributed by atoms with Crippen LogP contribution in [-0.4, -0.2) is 18.4 Å². The molecule has 0 aromatic carbocycles. The summed E-state index contributed by atoms with van der Waals surface area (Å²) in [6, 6.07) is 5.05. The molecular weight excluding hydrogens is 318 g/mol. The minimum atomic E-state index is -3.55. The quantitative estimate of drug-likeness (QED) is 0.928. The third kappa shape index (κ3) is 3.34. The van der Waals surface area contributed by atoms with Gasteiger partial charge in [0.1, 0.15) is 4.90 Å². The molecule has 0 atom stereocenters. The van der Waals surface area contributed by atoms with Gasteiger partial charge in [0.2, 0.25) is 10.0 Å². The maximum absolute atomic E-state index is 12.0. The molecule has 2 aromatic rings. The van der Waals surface area contributed by atoms with Crippen LogP contribution in [0.2, 0.25) is 0 Å². The zero-order valence-electron chi connectivity index (χ0n) is 9.25. The first-order valence-corrected chi connectivity index (χ1v) is 7.35. The number of hydrogen-bond acceptors (Lipinski definition) is 4. The van der Waals surface area contributed by atoms with Gasteiger partial charge in [-0.3, -0.25) is 9.97 Å². The van der Waals surface area contributed by atoms with Crippen LogP contribution >= 0.6 is 15.9 Å². The largest absolute Gasteiger partial charge is 0.264 e. The van der Waals surface area contributed by atoms with Crippen LogP contribution in [0.15, 0.2) is 52.4 Å². The van der Waals surface area contributed by atoms with Gasteiger partial charge in [0.05, 0.1) is 0 Å². The molecule has 2 rings (SSSR count). The zero-order chi connectivity index (χ0) is 13.0. The van der Waals surface area contributed by atoms with Crippen molar-refractivity contribution in [2.24, 2.45) is 0 Å². The summed E-state index contributed by atoms with van der Waals surface area (Å²) in [5, 5.41) is 0. The van der Waals surface area contributed by atoms with Gasteiger partial charge in [-0.15, -0.1) is 0 Å². The first-order chi connectivity index (χ1) is 8.58. The highest BCUT2D eigenvalue weighted by atomic mass is 79.9. The summed E-state index contributed by atoms with van der Waals surface area (Å²) in [4.78, 5) is 7.87. The van der Waals surface area contributed by atoms with Gasteiger partial charge in [0.25, 0.3) is 0 Å². The van der Waals surface area contributed by atoms with Crippen molar-refractivity contribution in [1.82, 2.24) is 14.7 Å². The van der Waals surface area contributed by atoms with E-state index >= 15 is 0 Å². The lowest BCUT2D eigenvalue weighted by Gasteiger charge is -2.06. The van der Waals surface area contributed by atoms with E-state index in [0.717, 1.165) is 5.56 Å². The molecule has 94 valence electrons. The van der Waals surface area contributed by atoms with Crippen LogP contribution < -0.4 is 4.72 Å². The lowest BCUT2D eigenvalue weighted by Crippen LogP contribution is -2.23. The Balaban J connectivity index is 2.13. The Kier molecular flexibility index (Phi) is 4.05. The normalized spacial score (nSPS) is 11.4. The highest BCUT2D eigenvalue weighted by Crippen LogP contribution is 2.14. The van der Waals surface area contributed by atoms with Crippen molar-refractivity contribution in [2.75, 3.05) is 0 Å². The van der Waals surface area contributed by atoms with E-state index < -0.39 is 10.0 Å². The molecular formula is C11H10BrN3O2S. The monoisotopic (exact) mass is 327 g/mol. The fourth-order valence-corrected chi connectivity index (χ4v) is 2.83. The van der Waals surface area contributed by atoms with E-state index in [1.54, 1.807) is 24.5 Å². The molecule has 0 saturated carbocycles. The van der Waals surface area contributed by atoms with Crippen molar-refractivity contribution in [1.29, 1.82) is 0 Å². The Labute approximate surface area is 113 Å². The highest BCUT2D eigenvalue weighted by molar-refractivity contribution is 9.10. The Morgan fingerprint density at radius 2 is 2.06 bits per heavy atom. The molecule has 2 heterocycles. The second-order valence-corrected chi connectivity index (χ2v) is 6.21. The van der Waals surface area contributed by atoms with E-state index in [0.29, 0.717) is 4.47 Å². The fourth-order valence-electron chi connectivity index (χ4n) is 1.30. The van der Waals surface area contributed by atoms with Crippen LogP contribution in [0.4, 0.5) is 0 Å². The van der Waals surface area contributed by atoms with Crippen molar-refractivity contribution in [3.05, 3.63) is 53.0 Å². The van der Waals surface area contributed by atoms with Crippen LogP contribution in [0, 0.1) is 0 Å². The van der Waals surface area contributed by atoms with Crippen molar-refractivity contribution < 1.29 is 8.42 Å². The molecule has 0 fully saturated rings. The van der Waals surface area contributed by atoms with Gasteiger partial charge < -0.3 is 0 Å². The van der Waals surface area contributed by atoms with Gasteiger partial charge >= 0.3 is 0 Å². The molecule has 0 aliphatic carbocycles. The summed E-state index contributed by atoms with van der Waals surface area (Å²) >= 11 is 3.19. The van der Waals surface area contributed by atoms with Gasteiger partial charge in [-0.1, -0.05) is 6.07 Å². The Bertz CT molecular complexity index is 632. The number of nitrogens with one attached hydrogen (secondary N) is 1. The highest BCUT2D eigenvalue weighted by Gasteiger charge is 2.14. The summed E-state index contributed by atoms with van der Waals surface area (Å²) in [5.41, 5.74) is 0.795. The molecule has 5 nitrogen and oxygen atoms in total. The second kappa shape index (κ2) is 5.55. The molecule has 0 aliphatic rings. The van der Waals surface area contributed by atoms with Crippen molar-refractivity contribution in [3.8, 4) is 0 Å². The molecule has 7 heteroatoms. The minimum absolute atomic E-state index is 0.126. The van der Waals surface area contributed by atoms with E-state index in [1.165, 1.54) is 18.5 Å². The van der Waals surface area contributed by atoms with Crippen molar-refractivity contribution >= 4 is 26.0 Å². The molecule has 2 aromatic heterocycles. The molecule has 18 heavy (non-hydrogen) atoms. The molecule has 0 amide bonds. The summed E-state index contributed by atoms with van der Waals surface area (Å²) in [6.45, 7) is 0.197. The van der Waals surface area contributed by atoms with E-state index in [4.69, 9.17) is 0 Å². The SMILES string of the molecule is O=S(=O)(NCc1cccnc1)c1cncc(Br)c1. The van der Waals surface area contributed by atoms with Gasteiger partial charge in [-0.25, -0.2) is 13.1 Å². The third-order valence-corrected chi connectivity index (χ3v) is 3.98. The van der Waals surface area contributed by atoms with Crippen LogP contribution in [0.1, 0.15) is 5.56 Å². The standard InChI is InChI=1S/C11H10BrN3O2S/c12-10-4-11(8-14-7-10)18(16,17)15-6-9-2-1-3-13-5-9/h1-5,7-8,15H,6H2. The molecule has 1 N–H and O–H groups in total. The van der Waals surface area contributed by atoms with Crippen LogP contribution in [-0.2, 0) is 16.6 Å². The third-order valence-electron chi connectivity index (χ3n) is 2.18. The number of hydrogen-bond donors (Lipinski definition) is 1. The van der Waals surface area contributed by atoms with Crippen molar-refractivity contribution in [2.45, 2.75) is 11.4 Å². The maximum atomic E-state index is 12.0. The van der Waals surface area contributed by atoms with Crippen LogP contribution in [0.3, 0.4) is 0 Å². The van der Waals surface area contributed by atoms with Gasteiger partial charge in [0.15, 0.2) is 0 Å². The first kappa shape index (κ1) is 13.1. The fraction of sp³-hybridized carbons (Fsp3) is 0.0909. The Morgan fingerprint density at radius 1 is 1.22 bits per heavy atom. The molecule has 0 spiro atoms. The number of aromatic nitrogens is 2. The van der Waals surface area contributed by atoms with E-state index in [2.05, 4.69) is 30.6 Å². The number of nitrogens with zero attached hydrogens (tertiary/aromatic N) is 2. The summed E-state index contributed by atoms with van der Waals surface area (Å²) in [7, 11) is -3.55. The summed E-state index contributed by atoms with van der Waals surface area (Å²) < 4.78 is 27.0. The lowest BCUT2D eigenvalue weighted by atomic mass is 10.3. The maximum Gasteiger partial charge on any atom is 0.242 e. The van der Waals surface area contributed by atoms with Crippen LogP contribution in [0.25, 0.3) is 0 Å². The average Bonchev–Trinajstić information content (AvgIpc) is 2.38. The van der Waals surface area contributed by atoms with E-state index in [-0.39, 0.29) is 11.4 Å². The molecule has 0 saturated heterocycles.